The lowest BCUT2D eigenvalue weighted by Crippen LogP contribution is -2.42. The highest BCUT2D eigenvalue weighted by atomic mass is 32.1. The second kappa shape index (κ2) is 8.85. The number of ether oxygens (including phenoxy) is 2. The minimum absolute atomic E-state index is 0.113. The number of nitrogens with one attached hydrogen (secondary N) is 1. The Morgan fingerprint density at radius 1 is 1.28 bits per heavy atom. The van der Waals surface area contributed by atoms with Crippen molar-refractivity contribution in [2.45, 2.75) is 38.2 Å². The number of fused-ring (bicyclic) bond motifs is 2. The van der Waals surface area contributed by atoms with Crippen molar-refractivity contribution < 1.29 is 14.3 Å². The highest BCUT2D eigenvalue weighted by molar-refractivity contribution is 7.16. The molecule has 0 radical (unpaired) electrons. The zero-order chi connectivity index (χ0) is 20.2. The number of anilines is 1. The molecule has 2 aromatic rings. The van der Waals surface area contributed by atoms with E-state index in [-0.39, 0.29) is 18.6 Å². The number of hydrogen-bond donors (Lipinski definition) is 1. The van der Waals surface area contributed by atoms with Crippen LogP contribution in [0, 0.1) is 11.3 Å². The van der Waals surface area contributed by atoms with Gasteiger partial charge in [-0.25, -0.2) is 0 Å². The van der Waals surface area contributed by atoms with Gasteiger partial charge in [0.25, 0.3) is 0 Å². The second-order valence-electron chi connectivity index (χ2n) is 7.62. The lowest BCUT2D eigenvalue weighted by atomic mass is 10.1. The van der Waals surface area contributed by atoms with Gasteiger partial charge in [0.05, 0.1) is 12.1 Å². The molecule has 1 aliphatic heterocycles. The van der Waals surface area contributed by atoms with Crippen LogP contribution in [0.25, 0.3) is 0 Å². The average Bonchev–Trinajstić information content (AvgIpc) is 2.86. The van der Waals surface area contributed by atoms with Crippen molar-refractivity contribution >= 4 is 22.2 Å². The van der Waals surface area contributed by atoms with Crippen LogP contribution < -0.4 is 14.8 Å². The summed E-state index contributed by atoms with van der Waals surface area (Å²) in [6.07, 6.45) is 5.28. The van der Waals surface area contributed by atoms with Gasteiger partial charge in [-0.05, 0) is 50.4 Å². The molecule has 7 heteroatoms. The van der Waals surface area contributed by atoms with Crippen molar-refractivity contribution in [1.82, 2.24) is 4.90 Å². The smallest absolute Gasteiger partial charge is 0.239 e. The molecule has 0 saturated carbocycles. The fourth-order valence-electron chi connectivity index (χ4n) is 3.93. The summed E-state index contributed by atoms with van der Waals surface area (Å²) in [6, 6.07) is 9.91. The number of aryl methyl sites for hydroxylation is 1. The van der Waals surface area contributed by atoms with E-state index in [9.17, 15) is 10.1 Å². The van der Waals surface area contributed by atoms with Gasteiger partial charge >= 0.3 is 0 Å². The van der Waals surface area contributed by atoms with Crippen LogP contribution in [0.4, 0.5) is 5.00 Å². The standard InChI is InChI=1S/C22H25N3O3S/c1-25(12-15-14-27-18-8-5-6-9-19(18)28-15)13-21(26)24-22-17(11-23)16-7-3-2-4-10-20(16)29-22/h5-6,8-9,15H,2-4,7,10,12-14H2,1H3,(H,24,26). The second-order valence-corrected chi connectivity index (χ2v) is 8.73. The SMILES string of the molecule is CN(CC(=O)Nc1sc2c(c1C#N)CCCCC2)CC1COc2ccccc2O1. The fraction of sp³-hybridized carbons (Fsp3) is 0.455. The van der Waals surface area contributed by atoms with Gasteiger partial charge in [0.1, 0.15) is 23.8 Å². The van der Waals surface area contributed by atoms with Crippen molar-refractivity contribution in [3.8, 4) is 17.6 Å². The summed E-state index contributed by atoms with van der Waals surface area (Å²) >= 11 is 1.57. The Hall–Kier alpha value is -2.56. The zero-order valence-electron chi connectivity index (χ0n) is 16.6. The maximum Gasteiger partial charge on any atom is 0.239 e. The van der Waals surface area contributed by atoms with Crippen LogP contribution in [-0.4, -0.2) is 43.7 Å². The molecule has 1 atom stereocenters. The van der Waals surface area contributed by atoms with Crippen molar-refractivity contribution in [2.24, 2.45) is 0 Å². The van der Waals surface area contributed by atoms with E-state index in [4.69, 9.17) is 9.47 Å². The molecule has 1 amide bonds. The average molecular weight is 412 g/mol. The normalized spacial score (nSPS) is 17.9. The topological polar surface area (TPSA) is 74.6 Å². The van der Waals surface area contributed by atoms with Crippen LogP contribution in [0.1, 0.15) is 35.3 Å². The summed E-state index contributed by atoms with van der Waals surface area (Å²) in [4.78, 5) is 15.8. The molecule has 2 aliphatic rings. The molecule has 29 heavy (non-hydrogen) atoms. The molecule has 152 valence electrons. The fourth-order valence-corrected chi connectivity index (χ4v) is 5.18. The number of carbonyl (C=O) groups excluding carboxylic acids is 1. The van der Waals surface area contributed by atoms with Crippen LogP contribution in [0.3, 0.4) is 0 Å². The number of nitrogens with zero attached hydrogens (tertiary/aromatic N) is 2. The number of thiophene rings is 1. The van der Waals surface area contributed by atoms with E-state index < -0.39 is 0 Å². The monoisotopic (exact) mass is 411 g/mol. The molecule has 0 fully saturated rings. The first-order valence-corrected chi connectivity index (χ1v) is 10.9. The van der Waals surface area contributed by atoms with E-state index in [0.717, 1.165) is 42.7 Å². The van der Waals surface area contributed by atoms with Gasteiger partial charge in [-0.1, -0.05) is 18.6 Å². The Morgan fingerprint density at radius 2 is 2.07 bits per heavy atom. The van der Waals surface area contributed by atoms with E-state index in [1.807, 2.05) is 36.2 Å². The number of hydrogen-bond acceptors (Lipinski definition) is 6. The highest BCUT2D eigenvalue weighted by Crippen LogP contribution is 2.37. The zero-order valence-corrected chi connectivity index (χ0v) is 17.4. The van der Waals surface area contributed by atoms with Gasteiger partial charge in [0.15, 0.2) is 11.5 Å². The minimum Gasteiger partial charge on any atom is -0.486 e. The number of rotatable bonds is 5. The first-order chi connectivity index (χ1) is 14.1. The molecule has 4 rings (SSSR count). The summed E-state index contributed by atoms with van der Waals surface area (Å²) < 4.78 is 11.7. The van der Waals surface area contributed by atoms with Gasteiger partial charge < -0.3 is 14.8 Å². The van der Waals surface area contributed by atoms with Crippen molar-refractivity contribution in [2.75, 3.05) is 32.1 Å². The third-order valence-electron chi connectivity index (χ3n) is 5.28. The Balaban J connectivity index is 1.34. The number of amides is 1. The van der Waals surface area contributed by atoms with Gasteiger partial charge in [0, 0.05) is 11.4 Å². The Morgan fingerprint density at radius 3 is 2.90 bits per heavy atom. The molecular weight excluding hydrogens is 386 g/mol. The maximum atomic E-state index is 12.6. The summed E-state index contributed by atoms with van der Waals surface area (Å²) in [5.41, 5.74) is 1.80. The van der Waals surface area contributed by atoms with Crippen LogP contribution in [0.15, 0.2) is 24.3 Å². The molecule has 6 nitrogen and oxygen atoms in total. The van der Waals surface area contributed by atoms with Crippen LogP contribution in [0.2, 0.25) is 0 Å². The number of benzene rings is 1. The highest BCUT2D eigenvalue weighted by Gasteiger charge is 2.24. The summed E-state index contributed by atoms with van der Waals surface area (Å²) in [7, 11) is 1.89. The van der Waals surface area contributed by atoms with Gasteiger partial charge in [-0.2, -0.15) is 5.26 Å². The van der Waals surface area contributed by atoms with Crippen molar-refractivity contribution in [1.29, 1.82) is 5.26 Å². The molecular formula is C22H25N3O3S. The minimum atomic E-state index is -0.129. The Kier molecular flexibility index (Phi) is 6.02. The van der Waals surface area contributed by atoms with Gasteiger partial charge in [-0.3, -0.25) is 9.69 Å². The predicted octanol–water partition coefficient (Wildman–Crippen LogP) is 3.60. The number of nitriles is 1. The van der Waals surface area contributed by atoms with E-state index >= 15 is 0 Å². The van der Waals surface area contributed by atoms with E-state index in [1.54, 1.807) is 11.3 Å². The third-order valence-corrected chi connectivity index (χ3v) is 6.49. The molecule has 1 N–H and O–H groups in total. The van der Waals surface area contributed by atoms with Crippen molar-refractivity contribution in [3.05, 3.63) is 40.3 Å². The van der Waals surface area contributed by atoms with Crippen molar-refractivity contribution in [3.63, 3.8) is 0 Å². The number of likely N-dealkylation sites (N-methyl/N-ethyl adjacent to an activating group) is 1. The first kappa shape index (κ1) is 19.7. The van der Waals surface area contributed by atoms with Crippen LogP contribution in [-0.2, 0) is 17.6 Å². The van der Waals surface area contributed by atoms with Crippen LogP contribution >= 0.6 is 11.3 Å². The number of para-hydroxylation sites is 2. The van der Waals surface area contributed by atoms with E-state index in [0.29, 0.717) is 23.7 Å². The summed E-state index contributed by atoms with van der Waals surface area (Å²) in [5, 5.41) is 13.3. The lowest BCUT2D eigenvalue weighted by molar-refractivity contribution is -0.117. The Labute approximate surface area is 175 Å². The largest absolute Gasteiger partial charge is 0.486 e. The molecule has 0 saturated heterocycles. The quantitative estimate of drug-likeness (QED) is 0.761. The predicted molar refractivity (Wildman–Crippen MR) is 113 cm³/mol. The number of carbonyl (C=O) groups is 1. The summed E-state index contributed by atoms with van der Waals surface area (Å²) in [6.45, 7) is 1.27. The summed E-state index contributed by atoms with van der Waals surface area (Å²) in [5.74, 6) is 1.38. The third kappa shape index (κ3) is 4.55. The molecule has 1 unspecified atom stereocenters. The maximum absolute atomic E-state index is 12.6. The molecule has 1 aliphatic carbocycles. The molecule has 1 aromatic carbocycles. The van der Waals surface area contributed by atoms with Gasteiger partial charge in [0.2, 0.25) is 5.91 Å². The van der Waals surface area contributed by atoms with Crippen LogP contribution in [0.5, 0.6) is 11.5 Å². The molecule has 0 spiro atoms. The van der Waals surface area contributed by atoms with E-state index in [2.05, 4.69) is 11.4 Å². The lowest BCUT2D eigenvalue weighted by Gasteiger charge is -2.29. The molecule has 2 heterocycles. The molecule has 0 bridgehead atoms. The first-order valence-electron chi connectivity index (χ1n) is 10.1. The Bertz CT molecular complexity index is 934. The molecule has 1 aromatic heterocycles. The van der Waals surface area contributed by atoms with E-state index in [1.165, 1.54) is 11.3 Å². The van der Waals surface area contributed by atoms with Gasteiger partial charge in [-0.15, -0.1) is 11.3 Å².